The fourth-order valence-electron chi connectivity index (χ4n) is 3.41. The lowest BCUT2D eigenvalue weighted by molar-refractivity contribution is 0.172. The van der Waals surface area contributed by atoms with Gasteiger partial charge in [0.05, 0.1) is 0 Å². The molecule has 1 aromatic rings. The van der Waals surface area contributed by atoms with E-state index >= 15 is 0 Å². The number of nitrogens with zero attached hydrogens (tertiary/aromatic N) is 1. The van der Waals surface area contributed by atoms with Crippen molar-refractivity contribution in [3.63, 3.8) is 0 Å². The van der Waals surface area contributed by atoms with Crippen molar-refractivity contribution >= 4 is 0 Å². The van der Waals surface area contributed by atoms with Crippen molar-refractivity contribution < 1.29 is 0 Å². The van der Waals surface area contributed by atoms with E-state index in [1.807, 2.05) is 0 Å². The third-order valence-corrected chi connectivity index (χ3v) is 4.90. The SMILES string of the molecule is CNC(c1ccccc1)C(C)N1CCCC(C)(C)CC1. The summed E-state index contributed by atoms with van der Waals surface area (Å²) in [5, 5.41) is 3.51. The molecule has 1 fully saturated rings. The zero-order valence-electron chi connectivity index (χ0n) is 13.5. The van der Waals surface area contributed by atoms with Crippen LogP contribution in [0.2, 0.25) is 0 Å². The van der Waals surface area contributed by atoms with Gasteiger partial charge in [-0.15, -0.1) is 0 Å². The van der Waals surface area contributed by atoms with Gasteiger partial charge in [-0.05, 0) is 57.3 Å². The van der Waals surface area contributed by atoms with Gasteiger partial charge >= 0.3 is 0 Å². The summed E-state index contributed by atoms with van der Waals surface area (Å²) in [6.07, 6.45) is 3.98. The maximum atomic E-state index is 3.51. The maximum absolute atomic E-state index is 3.51. The lowest BCUT2D eigenvalue weighted by atomic mass is 9.85. The van der Waals surface area contributed by atoms with Crippen LogP contribution in [-0.2, 0) is 0 Å². The van der Waals surface area contributed by atoms with Crippen LogP contribution in [-0.4, -0.2) is 31.1 Å². The van der Waals surface area contributed by atoms with E-state index in [9.17, 15) is 0 Å². The summed E-state index contributed by atoms with van der Waals surface area (Å²) in [6.45, 7) is 9.64. The third kappa shape index (κ3) is 3.83. The molecule has 2 atom stereocenters. The Morgan fingerprint density at radius 1 is 1.10 bits per heavy atom. The molecule has 1 aromatic carbocycles. The highest BCUT2D eigenvalue weighted by Crippen LogP contribution is 2.32. The number of benzene rings is 1. The zero-order valence-corrected chi connectivity index (χ0v) is 13.5. The van der Waals surface area contributed by atoms with Crippen LogP contribution in [0.5, 0.6) is 0 Å². The topological polar surface area (TPSA) is 15.3 Å². The normalized spacial score (nSPS) is 23.0. The minimum absolute atomic E-state index is 0.414. The molecule has 0 saturated carbocycles. The third-order valence-electron chi connectivity index (χ3n) is 4.90. The Morgan fingerprint density at radius 2 is 1.80 bits per heavy atom. The Bertz CT molecular complexity index is 399. The molecule has 2 rings (SSSR count). The number of nitrogens with one attached hydrogen (secondary N) is 1. The van der Waals surface area contributed by atoms with Gasteiger partial charge in [-0.1, -0.05) is 44.2 Å². The molecule has 1 heterocycles. The van der Waals surface area contributed by atoms with E-state index in [2.05, 4.69) is 68.4 Å². The quantitative estimate of drug-likeness (QED) is 0.897. The van der Waals surface area contributed by atoms with Crippen LogP contribution in [0.15, 0.2) is 30.3 Å². The minimum atomic E-state index is 0.414. The fraction of sp³-hybridized carbons (Fsp3) is 0.667. The average molecular weight is 274 g/mol. The van der Waals surface area contributed by atoms with Crippen LogP contribution in [0.25, 0.3) is 0 Å². The van der Waals surface area contributed by atoms with Crippen LogP contribution in [0, 0.1) is 5.41 Å². The summed E-state index contributed by atoms with van der Waals surface area (Å²) in [7, 11) is 2.08. The molecule has 0 bridgehead atoms. The predicted molar refractivity (Wildman–Crippen MR) is 86.9 cm³/mol. The van der Waals surface area contributed by atoms with Crippen molar-refractivity contribution in [3.8, 4) is 0 Å². The molecule has 0 aromatic heterocycles. The Morgan fingerprint density at radius 3 is 2.45 bits per heavy atom. The fourth-order valence-corrected chi connectivity index (χ4v) is 3.41. The molecule has 0 aliphatic carbocycles. The number of rotatable bonds is 4. The summed E-state index contributed by atoms with van der Waals surface area (Å²) >= 11 is 0. The monoisotopic (exact) mass is 274 g/mol. The highest BCUT2D eigenvalue weighted by molar-refractivity contribution is 5.20. The van der Waals surface area contributed by atoms with Crippen LogP contribution in [0.1, 0.15) is 51.6 Å². The summed E-state index contributed by atoms with van der Waals surface area (Å²) < 4.78 is 0. The second kappa shape index (κ2) is 6.73. The highest BCUT2D eigenvalue weighted by atomic mass is 15.2. The van der Waals surface area contributed by atoms with E-state index < -0.39 is 0 Å². The van der Waals surface area contributed by atoms with E-state index in [0.717, 1.165) is 0 Å². The standard InChI is InChI=1S/C18H30N2/c1-15(17(19-4)16-9-6-5-7-10-16)20-13-8-11-18(2,3)12-14-20/h5-7,9-10,15,17,19H,8,11-14H2,1-4H3. The molecule has 0 spiro atoms. The lowest BCUT2D eigenvalue weighted by Gasteiger charge is -2.34. The van der Waals surface area contributed by atoms with Crippen molar-refractivity contribution in [3.05, 3.63) is 35.9 Å². The van der Waals surface area contributed by atoms with Crippen LogP contribution in [0.3, 0.4) is 0 Å². The zero-order chi connectivity index (χ0) is 14.6. The lowest BCUT2D eigenvalue weighted by Crippen LogP contribution is -2.42. The highest BCUT2D eigenvalue weighted by Gasteiger charge is 2.28. The van der Waals surface area contributed by atoms with Gasteiger partial charge in [0, 0.05) is 12.1 Å². The van der Waals surface area contributed by atoms with Gasteiger partial charge in [-0.2, -0.15) is 0 Å². The van der Waals surface area contributed by atoms with E-state index in [0.29, 0.717) is 17.5 Å². The van der Waals surface area contributed by atoms with E-state index in [1.54, 1.807) is 0 Å². The van der Waals surface area contributed by atoms with Gasteiger partial charge in [-0.3, -0.25) is 4.90 Å². The molecule has 1 aliphatic rings. The molecule has 0 amide bonds. The summed E-state index contributed by atoms with van der Waals surface area (Å²) in [6, 6.07) is 11.8. The molecule has 2 unspecified atom stereocenters. The largest absolute Gasteiger partial charge is 0.312 e. The Labute approximate surface area is 124 Å². The molecular formula is C18H30N2. The first-order chi connectivity index (χ1) is 9.53. The molecule has 20 heavy (non-hydrogen) atoms. The number of likely N-dealkylation sites (tertiary alicyclic amines) is 1. The van der Waals surface area contributed by atoms with Crippen molar-refractivity contribution in [2.75, 3.05) is 20.1 Å². The van der Waals surface area contributed by atoms with E-state index in [1.165, 1.54) is 37.9 Å². The molecule has 2 heteroatoms. The molecular weight excluding hydrogens is 244 g/mol. The number of hydrogen-bond donors (Lipinski definition) is 1. The van der Waals surface area contributed by atoms with E-state index in [4.69, 9.17) is 0 Å². The van der Waals surface area contributed by atoms with Gasteiger partial charge in [-0.25, -0.2) is 0 Å². The second-order valence-electron chi connectivity index (χ2n) is 6.97. The van der Waals surface area contributed by atoms with Gasteiger partial charge in [0.1, 0.15) is 0 Å². The smallest absolute Gasteiger partial charge is 0.0473 e. The molecule has 2 nitrogen and oxygen atoms in total. The average Bonchev–Trinajstić information content (AvgIpc) is 2.61. The number of hydrogen-bond acceptors (Lipinski definition) is 2. The van der Waals surface area contributed by atoms with Crippen LogP contribution >= 0.6 is 0 Å². The second-order valence-corrected chi connectivity index (χ2v) is 6.97. The molecule has 1 saturated heterocycles. The number of likely N-dealkylation sites (N-methyl/N-ethyl adjacent to an activating group) is 1. The van der Waals surface area contributed by atoms with Crippen molar-refractivity contribution in [2.45, 2.75) is 52.1 Å². The minimum Gasteiger partial charge on any atom is -0.312 e. The Hall–Kier alpha value is -0.860. The van der Waals surface area contributed by atoms with Gasteiger partial charge < -0.3 is 5.32 Å². The summed E-state index contributed by atoms with van der Waals surface area (Å²) in [4.78, 5) is 2.67. The molecule has 112 valence electrons. The Kier molecular flexibility index (Phi) is 5.22. The predicted octanol–water partition coefficient (Wildman–Crippen LogP) is 3.85. The van der Waals surface area contributed by atoms with Gasteiger partial charge in [0.25, 0.3) is 0 Å². The first-order valence-corrected chi connectivity index (χ1v) is 8.00. The van der Waals surface area contributed by atoms with Crippen LogP contribution in [0.4, 0.5) is 0 Å². The molecule has 1 aliphatic heterocycles. The van der Waals surface area contributed by atoms with Gasteiger partial charge in [0.2, 0.25) is 0 Å². The first kappa shape index (κ1) is 15.5. The van der Waals surface area contributed by atoms with Crippen LogP contribution < -0.4 is 5.32 Å². The van der Waals surface area contributed by atoms with Gasteiger partial charge in [0.15, 0.2) is 0 Å². The molecule has 1 N–H and O–H groups in total. The van der Waals surface area contributed by atoms with Crippen molar-refractivity contribution in [1.82, 2.24) is 10.2 Å². The Balaban J connectivity index is 2.07. The summed E-state index contributed by atoms with van der Waals surface area (Å²) in [5.74, 6) is 0. The van der Waals surface area contributed by atoms with Crippen molar-refractivity contribution in [1.29, 1.82) is 0 Å². The summed E-state index contributed by atoms with van der Waals surface area (Å²) in [5.41, 5.74) is 1.90. The molecule has 0 radical (unpaired) electrons. The van der Waals surface area contributed by atoms with E-state index in [-0.39, 0.29) is 0 Å². The maximum Gasteiger partial charge on any atom is 0.0473 e. The first-order valence-electron chi connectivity index (χ1n) is 8.00. The van der Waals surface area contributed by atoms with Crippen molar-refractivity contribution in [2.24, 2.45) is 5.41 Å².